The molecule has 2 heterocycles. The molecular weight excluding hydrogens is 324 g/mol. The van der Waals surface area contributed by atoms with Crippen LogP contribution in [0.25, 0.3) is 10.9 Å². The first-order chi connectivity index (χ1) is 12.7. The summed E-state index contributed by atoms with van der Waals surface area (Å²) in [7, 11) is 2.08. The Hall–Kier alpha value is -2.75. The average Bonchev–Trinajstić information content (AvgIpc) is 3.31. The number of nitrogens with zero attached hydrogens (tertiary/aromatic N) is 2. The van der Waals surface area contributed by atoms with Crippen molar-refractivity contribution in [1.82, 2.24) is 9.47 Å². The van der Waals surface area contributed by atoms with E-state index in [1.165, 1.54) is 16.6 Å². The summed E-state index contributed by atoms with van der Waals surface area (Å²) >= 11 is 0. The van der Waals surface area contributed by atoms with Gasteiger partial charge in [0.15, 0.2) is 0 Å². The van der Waals surface area contributed by atoms with Gasteiger partial charge in [-0.25, -0.2) is 0 Å². The molecule has 1 fully saturated rings. The van der Waals surface area contributed by atoms with Crippen LogP contribution >= 0.6 is 0 Å². The summed E-state index contributed by atoms with van der Waals surface area (Å²) in [6, 6.07) is 16.8. The first-order valence-electron chi connectivity index (χ1n) is 9.31. The molecule has 4 heteroatoms. The minimum absolute atomic E-state index is 0.132. The fourth-order valence-electron chi connectivity index (χ4n) is 3.91. The Labute approximate surface area is 153 Å². The molecule has 2 aromatic carbocycles. The summed E-state index contributed by atoms with van der Waals surface area (Å²) in [6.07, 6.45) is 3.09. The summed E-state index contributed by atoms with van der Waals surface area (Å²) in [5.74, 6) is 1.06. The van der Waals surface area contributed by atoms with Crippen LogP contribution in [0.3, 0.4) is 0 Å². The lowest BCUT2D eigenvalue weighted by atomic mass is 10.1. The molecule has 5 rings (SSSR count). The summed E-state index contributed by atoms with van der Waals surface area (Å²) in [5.41, 5.74) is 4.31. The van der Waals surface area contributed by atoms with E-state index in [0.717, 1.165) is 42.7 Å². The second-order valence-corrected chi connectivity index (χ2v) is 7.34. The zero-order chi connectivity index (χ0) is 17.7. The quantitative estimate of drug-likeness (QED) is 0.718. The molecule has 0 atom stereocenters. The third-order valence-corrected chi connectivity index (χ3v) is 5.57. The van der Waals surface area contributed by atoms with Crippen LogP contribution in [0.15, 0.2) is 48.5 Å². The smallest absolute Gasteiger partial charge is 0.254 e. The molecule has 1 aliphatic carbocycles. The molecule has 4 nitrogen and oxygen atoms in total. The van der Waals surface area contributed by atoms with Gasteiger partial charge in [-0.1, -0.05) is 18.2 Å². The molecule has 1 saturated carbocycles. The topological polar surface area (TPSA) is 34.5 Å². The number of fused-ring (bicyclic) bond motifs is 2. The van der Waals surface area contributed by atoms with E-state index in [1.54, 1.807) is 0 Å². The highest BCUT2D eigenvalue weighted by molar-refractivity contribution is 5.95. The fraction of sp³-hybridized carbons (Fsp3) is 0.318. The van der Waals surface area contributed by atoms with E-state index in [4.69, 9.17) is 4.74 Å². The number of aryl methyl sites for hydroxylation is 1. The van der Waals surface area contributed by atoms with Crippen molar-refractivity contribution in [3.63, 3.8) is 0 Å². The number of para-hydroxylation sites is 1. The van der Waals surface area contributed by atoms with Crippen LogP contribution < -0.4 is 4.74 Å². The number of hydrogen-bond donors (Lipinski definition) is 0. The molecule has 3 aromatic rings. The number of rotatable bonds is 4. The van der Waals surface area contributed by atoms with E-state index in [-0.39, 0.29) is 5.91 Å². The van der Waals surface area contributed by atoms with Crippen molar-refractivity contribution >= 4 is 16.8 Å². The lowest BCUT2D eigenvalue weighted by molar-refractivity contribution is 0.0726. The monoisotopic (exact) mass is 346 g/mol. The number of hydrogen-bond acceptors (Lipinski definition) is 2. The maximum atomic E-state index is 13.2. The Balaban J connectivity index is 1.46. The van der Waals surface area contributed by atoms with Crippen molar-refractivity contribution in [3.8, 4) is 5.75 Å². The second kappa shape index (κ2) is 5.90. The molecule has 132 valence electrons. The number of carbonyl (C=O) groups is 1. The summed E-state index contributed by atoms with van der Waals surface area (Å²) < 4.78 is 7.77. The van der Waals surface area contributed by atoms with Crippen LogP contribution in [0, 0.1) is 0 Å². The molecule has 0 saturated heterocycles. The SMILES string of the molecule is Cn1c(CN(C(=O)c2ccc3c(c2)CCO3)C2CC2)cc2ccccc21. The maximum Gasteiger partial charge on any atom is 0.254 e. The van der Waals surface area contributed by atoms with E-state index >= 15 is 0 Å². The molecule has 0 bridgehead atoms. The molecule has 1 aromatic heterocycles. The molecule has 0 radical (unpaired) electrons. The minimum atomic E-state index is 0.132. The normalized spacial score (nSPS) is 15.7. The van der Waals surface area contributed by atoms with Crippen molar-refractivity contribution in [2.24, 2.45) is 7.05 Å². The second-order valence-electron chi connectivity index (χ2n) is 7.34. The van der Waals surface area contributed by atoms with Crippen LogP contribution in [-0.2, 0) is 20.0 Å². The van der Waals surface area contributed by atoms with Crippen molar-refractivity contribution in [2.45, 2.75) is 31.8 Å². The predicted molar refractivity (Wildman–Crippen MR) is 101 cm³/mol. The number of benzene rings is 2. The van der Waals surface area contributed by atoms with Gasteiger partial charge >= 0.3 is 0 Å². The highest BCUT2D eigenvalue weighted by Gasteiger charge is 2.34. The Morgan fingerprint density at radius 1 is 1.19 bits per heavy atom. The molecular formula is C22H22N2O2. The number of carbonyl (C=O) groups excluding carboxylic acids is 1. The van der Waals surface area contributed by atoms with Gasteiger partial charge in [0.25, 0.3) is 5.91 Å². The number of aromatic nitrogens is 1. The Kier molecular flexibility index (Phi) is 3.52. The van der Waals surface area contributed by atoms with Crippen LogP contribution in [0.2, 0.25) is 0 Å². The van der Waals surface area contributed by atoms with Crippen molar-refractivity contribution in [1.29, 1.82) is 0 Å². The summed E-state index contributed by atoms with van der Waals surface area (Å²) in [4.78, 5) is 15.3. The molecule has 1 amide bonds. The Morgan fingerprint density at radius 2 is 2.04 bits per heavy atom. The van der Waals surface area contributed by atoms with Gasteiger partial charge in [-0.2, -0.15) is 0 Å². The third-order valence-electron chi connectivity index (χ3n) is 5.57. The van der Waals surface area contributed by atoms with Gasteiger partial charge in [-0.15, -0.1) is 0 Å². The first kappa shape index (κ1) is 15.5. The van der Waals surface area contributed by atoms with Gasteiger partial charge in [0.2, 0.25) is 0 Å². The molecule has 26 heavy (non-hydrogen) atoms. The van der Waals surface area contributed by atoms with Crippen LogP contribution in [0.5, 0.6) is 5.75 Å². The lowest BCUT2D eigenvalue weighted by Crippen LogP contribution is -2.33. The lowest BCUT2D eigenvalue weighted by Gasteiger charge is -2.23. The van der Waals surface area contributed by atoms with Gasteiger partial charge in [-0.05, 0) is 54.1 Å². The average molecular weight is 346 g/mol. The zero-order valence-electron chi connectivity index (χ0n) is 14.9. The predicted octanol–water partition coefficient (Wildman–Crippen LogP) is 3.92. The van der Waals surface area contributed by atoms with E-state index in [9.17, 15) is 4.79 Å². The highest BCUT2D eigenvalue weighted by atomic mass is 16.5. The zero-order valence-corrected chi connectivity index (χ0v) is 14.9. The van der Waals surface area contributed by atoms with Crippen LogP contribution in [0.4, 0.5) is 0 Å². The van der Waals surface area contributed by atoms with Crippen LogP contribution in [0.1, 0.15) is 34.5 Å². The minimum Gasteiger partial charge on any atom is -0.493 e. The standard InChI is InChI=1S/C22H22N2O2/c1-23-19(13-15-4-2-3-5-20(15)23)14-24(18-7-8-18)22(25)17-6-9-21-16(12-17)10-11-26-21/h2-6,9,12-13,18H,7-8,10-11,14H2,1H3. The van der Waals surface area contributed by atoms with Crippen molar-refractivity contribution in [3.05, 3.63) is 65.4 Å². The third kappa shape index (κ3) is 2.57. The molecule has 0 N–H and O–H groups in total. The van der Waals surface area contributed by atoms with Crippen molar-refractivity contribution < 1.29 is 9.53 Å². The largest absolute Gasteiger partial charge is 0.493 e. The molecule has 0 unspecified atom stereocenters. The number of ether oxygens (including phenoxy) is 1. The maximum absolute atomic E-state index is 13.2. The van der Waals surface area contributed by atoms with Gasteiger partial charge in [0, 0.05) is 36.3 Å². The van der Waals surface area contributed by atoms with Gasteiger partial charge in [0.1, 0.15) is 5.75 Å². The van der Waals surface area contributed by atoms with Crippen molar-refractivity contribution in [2.75, 3.05) is 6.61 Å². The van der Waals surface area contributed by atoms with Gasteiger partial charge in [0.05, 0.1) is 13.2 Å². The van der Waals surface area contributed by atoms with Crippen LogP contribution in [-0.4, -0.2) is 28.0 Å². The fourth-order valence-corrected chi connectivity index (χ4v) is 3.91. The van der Waals surface area contributed by atoms with Gasteiger partial charge < -0.3 is 14.2 Å². The summed E-state index contributed by atoms with van der Waals surface area (Å²) in [6.45, 7) is 1.37. The molecule has 2 aliphatic rings. The Bertz CT molecular complexity index is 1000. The Morgan fingerprint density at radius 3 is 2.85 bits per heavy atom. The number of amides is 1. The van der Waals surface area contributed by atoms with E-state index < -0.39 is 0 Å². The highest BCUT2D eigenvalue weighted by Crippen LogP contribution is 2.32. The molecule has 1 aliphatic heterocycles. The van der Waals surface area contributed by atoms with E-state index in [0.29, 0.717) is 12.6 Å². The van der Waals surface area contributed by atoms with Gasteiger partial charge in [-0.3, -0.25) is 4.79 Å². The first-order valence-corrected chi connectivity index (χ1v) is 9.31. The summed E-state index contributed by atoms with van der Waals surface area (Å²) in [5, 5.41) is 1.22. The van der Waals surface area contributed by atoms with E-state index in [2.05, 4.69) is 41.9 Å². The molecule has 0 spiro atoms. The van der Waals surface area contributed by atoms with E-state index in [1.807, 2.05) is 23.1 Å².